The maximum atomic E-state index is 12.9. The fourth-order valence-corrected chi connectivity index (χ4v) is 3.96. The third kappa shape index (κ3) is 2.53. The van der Waals surface area contributed by atoms with Gasteiger partial charge < -0.3 is 19.0 Å². The number of hydrogen-bond donors (Lipinski definition) is 0. The summed E-state index contributed by atoms with van der Waals surface area (Å²) in [5.41, 5.74) is 1.46. The number of aromatic nitrogens is 1. The van der Waals surface area contributed by atoms with Gasteiger partial charge in [0.25, 0.3) is 11.9 Å². The minimum Gasteiger partial charge on any atom is -0.439 e. The van der Waals surface area contributed by atoms with Crippen LogP contribution in [0.15, 0.2) is 28.7 Å². The molecule has 3 fully saturated rings. The topological polar surface area (TPSA) is 96.2 Å². The van der Waals surface area contributed by atoms with Gasteiger partial charge in [0.15, 0.2) is 12.2 Å². The SMILES string of the molecule is O=C(C1CCCN1c1nc2ccccc2o1)N1CC(N2C(=O)COC2=O)C1. The molecule has 3 saturated heterocycles. The number of likely N-dealkylation sites (tertiary alicyclic amines) is 1. The van der Waals surface area contributed by atoms with Crippen molar-refractivity contribution in [2.24, 2.45) is 0 Å². The van der Waals surface area contributed by atoms with Gasteiger partial charge in [-0.05, 0) is 25.0 Å². The van der Waals surface area contributed by atoms with E-state index in [2.05, 4.69) is 4.98 Å². The highest BCUT2D eigenvalue weighted by Gasteiger charge is 2.47. The quantitative estimate of drug-likeness (QED) is 0.795. The lowest BCUT2D eigenvalue weighted by molar-refractivity contribution is -0.143. The Labute approximate surface area is 154 Å². The Hall–Kier alpha value is -3.10. The predicted octanol–water partition coefficient (Wildman–Crippen LogP) is 0.986. The Morgan fingerprint density at radius 2 is 2.00 bits per heavy atom. The Balaban J connectivity index is 1.29. The first-order chi connectivity index (χ1) is 13.1. The van der Waals surface area contributed by atoms with Crippen molar-refractivity contribution >= 4 is 35.0 Å². The first-order valence-corrected chi connectivity index (χ1v) is 9.01. The number of benzene rings is 1. The van der Waals surface area contributed by atoms with E-state index in [-0.39, 0.29) is 30.5 Å². The van der Waals surface area contributed by atoms with Gasteiger partial charge in [-0.3, -0.25) is 9.59 Å². The average Bonchev–Trinajstić information content (AvgIpc) is 3.33. The number of rotatable bonds is 3. The number of fused-ring (bicyclic) bond motifs is 1. The molecule has 3 amide bonds. The van der Waals surface area contributed by atoms with Crippen LogP contribution in [0.2, 0.25) is 0 Å². The fraction of sp³-hybridized carbons (Fsp3) is 0.444. The Bertz CT molecular complexity index is 886. The van der Waals surface area contributed by atoms with Crippen LogP contribution < -0.4 is 4.90 Å². The molecule has 1 unspecified atom stereocenters. The number of anilines is 1. The van der Waals surface area contributed by atoms with Gasteiger partial charge in [0.2, 0.25) is 5.91 Å². The highest BCUT2D eigenvalue weighted by Crippen LogP contribution is 2.30. The molecule has 9 nitrogen and oxygen atoms in total. The van der Waals surface area contributed by atoms with E-state index in [1.807, 2.05) is 29.2 Å². The van der Waals surface area contributed by atoms with Crippen LogP contribution in [0.25, 0.3) is 11.1 Å². The normalized spacial score (nSPS) is 23.3. The summed E-state index contributed by atoms with van der Waals surface area (Å²) >= 11 is 0. The summed E-state index contributed by atoms with van der Waals surface area (Å²) in [7, 11) is 0. The Kier molecular flexibility index (Phi) is 3.56. The lowest BCUT2D eigenvalue weighted by Crippen LogP contribution is -2.64. The van der Waals surface area contributed by atoms with Gasteiger partial charge in [-0.1, -0.05) is 12.1 Å². The summed E-state index contributed by atoms with van der Waals surface area (Å²) in [6.07, 6.45) is 0.985. The molecule has 1 aromatic carbocycles. The van der Waals surface area contributed by atoms with Crippen molar-refractivity contribution in [2.45, 2.75) is 24.9 Å². The van der Waals surface area contributed by atoms with Crippen molar-refractivity contribution in [3.05, 3.63) is 24.3 Å². The van der Waals surface area contributed by atoms with Crippen LogP contribution in [0.1, 0.15) is 12.8 Å². The van der Waals surface area contributed by atoms with Crippen molar-refractivity contribution in [3.8, 4) is 0 Å². The summed E-state index contributed by atoms with van der Waals surface area (Å²) in [5.74, 6) is -0.364. The Morgan fingerprint density at radius 1 is 1.19 bits per heavy atom. The smallest absolute Gasteiger partial charge is 0.417 e. The van der Waals surface area contributed by atoms with Gasteiger partial charge in [0, 0.05) is 19.6 Å². The summed E-state index contributed by atoms with van der Waals surface area (Å²) in [4.78, 5) is 45.5. The molecular weight excluding hydrogens is 352 g/mol. The second-order valence-corrected chi connectivity index (χ2v) is 7.03. The Morgan fingerprint density at radius 3 is 2.74 bits per heavy atom. The maximum Gasteiger partial charge on any atom is 0.417 e. The zero-order valence-corrected chi connectivity index (χ0v) is 14.5. The van der Waals surface area contributed by atoms with Crippen molar-refractivity contribution in [1.29, 1.82) is 0 Å². The molecule has 1 aromatic heterocycles. The number of cyclic esters (lactones) is 1. The number of para-hydroxylation sites is 2. The van der Waals surface area contributed by atoms with Gasteiger partial charge in [-0.2, -0.15) is 4.98 Å². The van der Waals surface area contributed by atoms with Crippen LogP contribution in [0.4, 0.5) is 10.8 Å². The molecule has 0 bridgehead atoms. The number of carbonyl (C=O) groups excluding carboxylic acids is 3. The molecule has 4 heterocycles. The second kappa shape index (κ2) is 5.97. The first kappa shape index (κ1) is 16.1. The molecule has 0 saturated carbocycles. The minimum absolute atomic E-state index is 0.0222. The molecule has 0 radical (unpaired) electrons. The lowest BCUT2D eigenvalue weighted by atomic mass is 10.0. The van der Waals surface area contributed by atoms with Gasteiger partial charge in [-0.25, -0.2) is 9.69 Å². The van der Waals surface area contributed by atoms with Gasteiger partial charge in [-0.15, -0.1) is 0 Å². The van der Waals surface area contributed by atoms with E-state index in [1.165, 1.54) is 0 Å². The van der Waals surface area contributed by atoms with E-state index in [0.717, 1.165) is 23.3 Å². The number of nitrogens with zero attached hydrogens (tertiary/aromatic N) is 4. The van der Waals surface area contributed by atoms with Crippen molar-refractivity contribution < 1.29 is 23.5 Å². The molecule has 1 atom stereocenters. The highest BCUT2D eigenvalue weighted by molar-refractivity contribution is 5.98. The second-order valence-electron chi connectivity index (χ2n) is 7.03. The molecule has 27 heavy (non-hydrogen) atoms. The summed E-state index contributed by atoms with van der Waals surface area (Å²) in [6.45, 7) is 1.18. The summed E-state index contributed by atoms with van der Waals surface area (Å²) in [6, 6.07) is 7.34. The lowest BCUT2D eigenvalue weighted by Gasteiger charge is -2.43. The summed E-state index contributed by atoms with van der Waals surface area (Å²) in [5, 5.41) is 0. The van der Waals surface area contributed by atoms with Crippen molar-refractivity contribution in [3.63, 3.8) is 0 Å². The van der Waals surface area contributed by atoms with Gasteiger partial charge >= 0.3 is 6.09 Å². The number of amides is 3. The largest absolute Gasteiger partial charge is 0.439 e. The maximum absolute atomic E-state index is 12.9. The third-order valence-corrected chi connectivity index (χ3v) is 5.39. The minimum atomic E-state index is -0.619. The van der Waals surface area contributed by atoms with Crippen LogP contribution >= 0.6 is 0 Å². The molecular formula is C18H18N4O5. The molecule has 0 spiro atoms. The van der Waals surface area contributed by atoms with Crippen LogP contribution in [-0.4, -0.2) is 71.0 Å². The van der Waals surface area contributed by atoms with Gasteiger partial charge in [0.05, 0.1) is 6.04 Å². The molecule has 3 aliphatic rings. The van der Waals surface area contributed by atoms with Crippen molar-refractivity contribution in [1.82, 2.24) is 14.8 Å². The zero-order valence-electron chi connectivity index (χ0n) is 14.5. The number of hydrogen-bond acceptors (Lipinski definition) is 7. The molecule has 0 aliphatic carbocycles. The number of oxazole rings is 1. The van der Waals surface area contributed by atoms with Crippen LogP contribution in [0.3, 0.4) is 0 Å². The standard InChI is InChI=1S/C18H18N4O5/c23-15-10-26-18(25)22(15)11-8-20(9-11)16(24)13-5-3-7-21(13)17-19-12-4-1-2-6-14(12)27-17/h1-2,4,6,11,13H,3,5,7-10H2. The van der Waals surface area contributed by atoms with E-state index in [9.17, 15) is 14.4 Å². The number of ether oxygens (including phenoxy) is 1. The van der Waals surface area contributed by atoms with Crippen LogP contribution in [0, 0.1) is 0 Å². The number of carbonyl (C=O) groups is 3. The molecule has 2 aromatic rings. The molecule has 140 valence electrons. The number of imide groups is 1. The summed E-state index contributed by atoms with van der Waals surface area (Å²) < 4.78 is 10.6. The van der Waals surface area contributed by atoms with E-state index in [4.69, 9.17) is 9.15 Å². The predicted molar refractivity (Wildman–Crippen MR) is 92.9 cm³/mol. The molecule has 3 aliphatic heterocycles. The molecule has 9 heteroatoms. The van der Waals surface area contributed by atoms with E-state index < -0.39 is 6.09 Å². The zero-order chi connectivity index (χ0) is 18.5. The fourth-order valence-electron chi connectivity index (χ4n) is 3.96. The highest BCUT2D eigenvalue weighted by atomic mass is 16.6. The van der Waals surface area contributed by atoms with E-state index in [0.29, 0.717) is 31.2 Å². The molecule has 0 N–H and O–H groups in total. The van der Waals surface area contributed by atoms with Crippen molar-refractivity contribution in [2.75, 3.05) is 31.1 Å². The third-order valence-electron chi connectivity index (χ3n) is 5.39. The monoisotopic (exact) mass is 370 g/mol. The molecule has 5 rings (SSSR count). The van der Waals surface area contributed by atoms with Crippen LogP contribution in [0.5, 0.6) is 0 Å². The van der Waals surface area contributed by atoms with E-state index >= 15 is 0 Å². The van der Waals surface area contributed by atoms with E-state index in [1.54, 1.807) is 4.90 Å². The van der Waals surface area contributed by atoms with Gasteiger partial charge in [0.1, 0.15) is 11.6 Å². The van der Waals surface area contributed by atoms with Crippen LogP contribution in [-0.2, 0) is 14.3 Å². The first-order valence-electron chi connectivity index (χ1n) is 9.01. The average molecular weight is 370 g/mol.